The van der Waals surface area contributed by atoms with Gasteiger partial charge in [-0.05, 0) is 66.6 Å². The third kappa shape index (κ3) is 4.43. The van der Waals surface area contributed by atoms with E-state index in [-0.39, 0.29) is 12.1 Å². The van der Waals surface area contributed by atoms with Crippen LogP contribution in [-0.2, 0) is 6.61 Å². The van der Waals surface area contributed by atoms with Gasteiger partial charge in [-0.2, -0.15) is 0 Å². The van der Waals surface area contributed by atoms with Crippen molar-refractivity contribution in [3.63, 3.8) is 0 Å². The molecule has 4 aromatic rings. The number of para-hydroxylation sites is 1. The highest BCUT2D eigenvalue weighted by Gasteiger charge is 2.33. The average Bonchev–Trinajstić information content (AvgIpc) is 2.85. The monoisotopic (exact) mass is 454 g/mol. The van der Waals surface area contributed by atoms with E-state index in [1.54, 1.807) is 0 Å². The molecule has 0 aromatic heterocycles. The molecule has 1 aliphatic heterocycles. The van der Waals surface area contributed by atoms with Crippen molar-refractivity contribution >= 4 is 28.9 Å². The number of aryl methyl sites for hydroxylation is 1. The fraction of sp³-hybridized carbons (Fsp3) is 0.107. The Morgan fingerprint density at radius 3 is 2.30 bits per heavy atom. The maximum Gasteiger partial charge on any atom is 0.262 e. The molecule has 0 fully saturated rings. The van der Waals surface area contributed by atoms with Gasteiger partial charge in [0.1, 0.15) is 18.5 Å². The molecule has 4 nitrogen and oxygen atoms in total. The van der Waals surface area contributed by atoms with Crippen LogP contribution in [0.5, 0.6) is 5.75 Å². The number of halogens is 1. The predicted molar refractivity (Wildman–Crippen MR) is 133 cm³/mol. The van der Waals surface area contributed by atoms with Crippen molar-refractivity contribution < 1.29 is 9.53 Å². The van der Waals surface area contributed by atoms with Crippen LogP contribution in [0.2, 0.25) is 5.02 Å². The van der Waals surface area contributed by atoms with Gasteiger partial charge in [-0.15, -0.1) is 0 Å². The Balaban J connectivity index is 1.42. The van der Waals surface area contributed by atoms with E-state index in [0.717, 1.165) is 33.8 Å². The number of nitrogens with zero attached hydrogens (tertiary/aromatic N) is 1. The predicted octanol–water partition coefficient (Wildman–Crippen LogP) is 7.00. The summed E-state index contributed by atoms with van der Waals surface area (Å²) in [7, 11) is 0. The molecule has 1 N–H and O–H groups in total. The Kier molecular flexibility index (Phi) is 5.76. The second-order valence-electron chi connectivity index (χ2n) is 8.09. The molecule has 0 saturated carbocycles. The summed E-state index contributed by atoms with van der Waals surface area (Å²) in [5.41, 5.74) is 5.51. The zero-order chi connectivity index (χ0) is 22.8. The lowest BCUT2D eigenvalue weighted by Crippen LogP contribution is -2.43. The molecule has 4 aromatic carbocycles. The first-order chi connectivity index (χ1) is 16.1. The Morgan fingerprint density at radius 1 is 0.879 bits per heavy atom. The highest BCUT2D eigenvalue weighted by molar-refractivity contribution is 6.30. The molecule has 33 heavy (non-hydrogen) atoms. The number of benzene rings is 4. The lowest BCUT2D eigenvalue weighted by atomic mass is 10.0. The van der Waals surface area contributed by atoms with Crippen molar-refractivity contribution in [1.82, 2.24) is 0 Å². The molecule has 5 rings (SSSR count). The molecule has 1 aliphatic rings. The number of anilines is 2. The average molecular weight is 455 g/mol. The number of ether oxygens (including phenoxy) is 1. The Labute approximate surface area is 198 Å². The summed E-state index contributed by atoms with van der Waals surface area (Å²) in [5, 5.41) is 4.25. The number of amides is 1. The number of rotatable bonds is 5. The molecule has 1 heterocycles. The van der Waals surface area contributed by atoms with E-state index < -0.39 is 0 Å². The fourth-order valence-electron chi connectivity index (χ4n) is 3.95. The normalized spacial score (nSPS) is 15.0. The molecule has 5 heteroatoms. The van der Waals surface area contributed by atoms with Gasteiger partial charge in [-0.1, -0.05) is 65.7 Å². The molecule has 0 radical (unpaired) electrons. The minimum atomic E-state index is -0.333. The zero-order valence-electron chi connectivity index (χ0n) is 18.2. The van der Waals surface area contributed by atoms with Crippen molar-refractivity contribution in [2.45, 2.75) is 19.7 Å². The number of carbonyl (C=O) groups excluding carboxylic acids is 1. The van der Waals surface area contributed by atoms with Gasteiger partial charge >= 0.3 is 0 Å². The van der Waals surface area contributed by atoms with E-state index in [2.05, 4.69) is 5.32 Å². The Morgan fingerprint density at radius 2 is 1.58 bits per heavy atom. The van der Waals surface area contributed by atoms with E-state index in [9.17, 15) is 4.79 Å². The van der Waals surface area contributed by atoms with Crippen LogP contribution < -0.4 is 15.0 Å². The van der Waals surface area contributed by atoms with Crippen molar-refractivity contribution in [2.75, 3.05) is 10.2 Å². The van der Waals surface area contributed by atoms with Crippen LogP contribution in [0.4, 0.5) is 11.4 Å². The molecule has 0 spiro atoms. The van der Waals surface area contributed by atoms with E-state index >= 15 is 0 Å². The molecule has 0 aliphatic carbocycles. The maximum atomic E-state index is 13.5. The lowest BCUT2D eigenvalue weighted by Gasteiger charge is -2.38. The summed E-state index contributed by atoms with van der Waals surface area (Å²) in [6.07, 6.45) is -0.333. The van der Waals surface area contributed by atoms with E-state index in [1.165, 1.54) is 0 Å². The molecule has 0 unspecified atom stereocenters. The quantitative estimate of drug-likeness (QED) is 0.353. The largest absolute Gasteiger partial charge is 0.489 e. The van der Waals surface area contributed by atoms with Crippen LogP contribution in [0.3, 0.4) is 0 Å². The topological polar surface area (TPSA) is 41.6 Å². The minimum absolute atomic E-state index is 0.0266. The lowest BCUT2D eigenvalue weighted by molar-refractivity contribution is 0.0975. The second-order valence-corrected chi connectivity index (χ2v) is 8.52. The first-order valence-electron chi connectivity index (χ1n) is 10.8. The van der Waals surface area contributed by atoms with Gasteiger partial charge in [-0.25, -0.2) is 0 Å². The van der Waals surface area contributed by atoms with Gasteiger partial charge in [0, 0.05) is 16.4 Å². The summed E-state index contributed by atoms with van der Waals surface area (Å²) in [6, 6.07) is 31.1. The smallest absolute Gasteiger partial charge is 0.262 e. The van der Waals surface area contributed by atoms with Crippen LogP contribution >= 0.6 is 11.6 Å². The van der Waals surface area contributed by atoms with Crippen molar-refractivity contribution in [3.8, 4) is 5.75 Å². The highest BCUT2D eigenvalue weighted by Crippen LogP contribution is 2.37. The second kappa shape index (κ2) is 9.00. The van der Waals surface area contributed by atoms with E-state index in [4.69, 9.17) is 16.3 Å². The van der Waals surface area contributed by atoms with Crippen molar-refractivity contribution in [1.29, 1.82) is 0 Å². The molecular formula is C28H23ClN2O2. The Bertz CT molecular complexity index is 1270. The van der Waals surface area contributed by atoms with Crippen molar-refractivity contribution in [3.05, 3.63) is 124 Å². The van der Waals surface area contributed by atoms with Crippen LogP contribution in [-0.4, -0.2) is 5.91 Å². The third-order valence-corrected chi connectivity index (χ3v) is 6.01. The molecule has 1 amide bonds. The van der Waals surface area contributed by atoms with Gasteiger partial charge in [0.05, 0.1) is 5.56 Å². The SMILES string of the molecule is Cc1ccc(N2C(=O)c3ccccc3N[C@@H]2c2ccc(OCc3ccc(Cl)cc3)cc2)cc1. The van der Waals surface area contributed by atoms with Gasteiger partial charge in [-0.3, -0.25) is 9.69 Å². The van der Waals surface area contributed by atoms with Gasteiger partial charge in [0.25, 0.3) is 5.91 Å². The summed E-state index contributed by atoms with van der Waals surface area (Å²) >= 11 is 5.95. The standard InChI is InChI=1S/C28H23ClN2O2/c1-19-6-14-23(15-7-19)31-27(30-26-5-3-2-4-25(26)28(31)32)21-10-16-24(17-11-21)33-18-20-8-12-22(29)13-9-20/h2-17,27,30H,18H2,1H3/t27-/m0/s1. The van der Waals surface area contributed by atoms with Crippen LogP contribution in [0.1, 0.15) is 33.2 Å². The number of nitrogens with one attached hydrogen (secondary N) is 1. The summed E-state index contributed by atoms with van der Waals surface area (Å²) < 4.78 is 5.93. The van der Waals surface area contributed by atoms with Crippen LogP contribution in [0, 0.1) is 6.92 Å². The van der Waals surface area contributed by atoms with Crippen LogP contribution in [0.25, 0.3) is 0 Å². The number of fused-ring (bicyclic) bond motifs is 1. The summed E-state index contributed by atoms with van der Waals surface area (Å²) in [4.78, 5) is 15.3. The minimum Gasteiger partial charge on any atom is -0.489 e. The third-order valence-electron chi connectivity index (χ3n) is 5.75. The number of hydrogen-bond acceptors (Lipinski definition) is 3. The molecular weight excluding hydrogens is 432 g/mol. The first-order valence-corrected chi connectivity index (χ1v) is 11.2. The van der Waals surface area contributed by atoms with E-state index in [1.807, 2.05) is 109 Å². The molecule has 1 atom stereocenters. The Hall–Kier alpha value is -3.76. The van der Waals surface area contributed by atoms with Gasteiger partial charge in [0.15, 0.2) is 0 Å². The van der Waals surface area contributed by atoms with E-state index in [0.29, 0.717) is 17.2 Å². The molecule has 164 valence electrons. The van der Waals surface area contributed by atoms with Crippen molar-refractivity contribution in [2.24, 2.45) is 0 Å². The fourth-order valence-corrected chi connectivity index (χ4v) is 4.08. The number of hydrogen-bond donors (Lipinski definition) is 1. The summed E-state index contributed by atoms with van der Waals surface area (Å²) in [5.74, 6) is 0.736. The number of carbonyl (C=O) groups is 1. The van der Waals surface area contributed by atoms with Gasteiger partial charge in [0.2, 0.25) is 0 Å². The molecule has 0 bridgehead atoms. The first kappa shape index (κ1) is 21.1. The zero-order valence-corrected chi connectivity index (χ0v) is 18.9. The van der Waals surface area contributed by atoms with Crippen LogP contribution in [0.15, 0.2) is 97.1 Å². The van der Waals surface area contributed by atoms with Gasteiger partial charge < -0.3 is 10.1 Å². The maximum absolute atomic E-state index is 13.5. The summed E-state index contributed by atoms with van der Waals surface area (Å²) in [6.45, 7) is 2.50. The molecule has 0 saturated heterocycles. The highest BCUT2D eigenvalue weighted by atomic mass is 35.5.